The monoisotopic (exact) mass is 303 g/mol. The second kappa shape index (κ2) is 7.77. The first-order valence-corrected chi connectivity index (χ1v) is 6.86. The lowest BCUT2D eigenvalue weighted by atomic mass is 10.2. The number of rotatable bonds is 8. The Bertz CT molecular complexity index is 627. The highest BCUT2D eigenvalue weighted by Crippen LogP contribution is 2.22. The number of anilines is 1. The average Bonchev–Trinajstić information content (AvgIpc) is 3.03. The third kappa shape index (κ3) is 4.58. The van der Waals surface area contributed by atoms with Crippen molar-refractivity contribution in [3.63, 3.8) is 0 Å². The number of aromatic nitrogens is 2. The van der Waals surface area contributed by atoms with Crippen LogP contribution >= 0.6 is 0 Å². The summed E-state index contributed by atoms with van der Waals surface area (Å²) >= 11 is 0. The first-order chi connectivity index (χ1) is 10.7. The van der Waals surface area contributed by atoms with Crippen molar-refractivity contribution >= 4 is 17.3 Å². The van der Waals surface area contributed by atoms with E-state index in [2.05, 4.69) is 15.6 Å². The van der Waals surface area contributed by atoms with Gasteiger partial charge in [0.25, 0.3) is 5.69 Å². The minimum absolute atomic E-state index is 0.00404. The summed E-state index contributed by atoms with van der Waals surface area (Å²) < 4.78 is 1.93. The van der Waals surface area contributed by atoms with Crippen molar-refractivity contribution in [2.45, 2.75) is 13.0 Å². The van der Waals surface area contributed by atoms with Crippen LogP contribution in [0.2, 0.25) is 0 Å². The lowest BCUT2D eigenvalue weighted by molar-refractivity contribution is -0.383. The van der Waals surface area contributed by atoms with Crippen molar-refractivity contribution in [1.29, 1.82) is 0 Å². The number of nitrogens with zero attached hydrogens (tertiary/aromatic N) is 3. The molecule has 2 rings (SSSR count). The number of nitrogens with one attached hydrogen (secondary N) is 2. The molecule has 0 unspecified atom stereocenters. The molecule has 1 amide bonds. The molecule has 8 heteroatoms. The number of para-hydroxylation sites is 2. The molecule has 1 aromatic heterocycles. The van der Waals surface area contributed by atoms with Crippen LogP contribution < -0.4 is 10.6 Å². The summed E-state index contributed by atoms with van der Waals surface area (Å²) in [5.41, 5.74) is 0.288. The number of amides is 1. The van der Waals surface area contributed by atoms with Gasteiger partial charge >= 0.3 is 0 Å². The molecule has 0 atom stereocenters. The molecule has 116 valence electrons. The molecule has 0 aliphatic carbocycles. The largest absolute Gasteiger partial charge is 0.371 e. The Labute approximate surface area is 127 Å². The number of hydrogen-bond donors (Lipinski definition) is 2. The number of benzene rings is 1. The molecule has 0 aliphatic heterocycles. The summed E-state index contributed by atoms with van der Waals surface area (Å²) in [6.07, 6.45) is 6.07. The van der Waals surface area contributed by atoms with Crippen molar-refractivity contribution in [1.82, 2.24) is 14.9 Å². The zero-order valence-corrected chi connectivity index (χ0v) is 11.9. The Morgan fingerprint density at radius 1 is 1.36 bits per heavy atom. The molecule has 1 aromatic carbocycles. The van der Waals surface area contributed by atoms with Crippen LogP contribution in [0.4, 0.5) is 11.4 Å². The number of imidazole rings is 1. The van der Waals surface area contributed by atoms with Gasteiger partial charge in [0.2, 0.25) is 5.91 Å². The van der Waals surface area contributed by atoms with Gasteiger partial charge in [0.15, 0.2) is 0 Å². The van der Waals surface area contributed by atoms with E-state index in [1.54, 1.807) is 30.7 Å². The molecule has 8 nitrogen and oxygen atoms in total. The lowest BCUT2D eigenvalue weighted by Crippen LogP contribution is -2.31. The van der Waals surface area contributed by atoms with Crippen LogP contribution in [0, 0.1) is 10.1 Å². The fourth-order valence-electron chi connectivity index (χ4n) is 1.93. The first kappa shape index (κ1) is 15.5. The van der Waals surface area contributed by atoms with Crippen molar-refractivity contribution in [2.24, 2.45) is 0 Å². The Hall–Kier alpha value is -2.90. The van der Waals surface area contributed by atoms with Gasteiger partial charge in [0.05, 0.1) is 17.8 Å². The van der Waals surface area contributed by atoms with Gasteiger partial charge in [-0.25, -0.2) is 4.98 Å². The van der Waals surface area contributed by atoms with Crippen LogP contribution in [0.5, 0.6) is 0 Å². The molecule has 0 aliphatic rings. The van der Waals surface area contributed by atoms with Gasteiger partial charge in [0, 0.05) is 31.5 Å². The van der Waals surface area contributed by atoms with Gasteiger partial charge in [-0.3, -0.25) is 14.9 Å². The number of carbonyl (C=O) groups excluding carboxylic acids is 1. The molecule has 0 saturated heterocycles. The molecule has 0 spiro atoms. The van der Waals surface area contributed by atoms with E-state index in [9.17, 15) is 14.9 Å². The maximum Gasteiger partial charge on any atom is 0.292 e. The number of nitro benzene ring substituents is 1. The minimum Gasteiger partial charge on any atom is -0.371 e. The lowest BCUT2D eigenvalue weighted by Gasteiger charge is -2.08. The van der Waals surface area contributed by atoms with Crippen LogP contribution in [-0.2, 0) is 11.3 Å². The maximum atomic E-state index is 11.7. The van der Waals surface area contributed by atoms with E-state index in [-0.39, 0.29) is 18.1 Å². The van der Waals surface area contributed by atoms with E-state index in [0.29, 0.717) is 12.2 Å². The molecule has 0 fully saturated rings. The number of hydrogen-bond acceptors (Lipinski definition) is 5. The standard InChI is InChI=1S/C14H17N5O3/c20-14(16-6-3-8-18-9-7-15-11-18)10-17-12-4-1-2-5-13(12)19(21)22/h1-2,4-5,7,9,11,17H,3,6,8,10H2,(H,16,20). The van der Waals surface area contributed by atoms with Gasteiger partial charge in [-0.15, -0.1) is 0 Å². The van der Waals surface area contributed by atoms with Gasteiger partial charge < -0.3 is 15.2 Å². The first-order valence-electron chi connectivity index (χ1n) is 6.86. The van der Waals surface area contributed by atoms with Crippen molar-refractivity contribution < 1.29 is 9.72 Å². The molecule has 0 saturated carbocycles. The number of carbonyl (C=O) groups is 1. The number of nitro groups is 1. The molecule has 0 radical (unpaired) electrons. The molecular weight excluding hydrogens is 286 g/mol. The minimum atomic E-state index is -0.481. The van der Waals surface area contributed by atoms with E-state index in [1.165, 1.54) is 6.07 Å². The SMILES string of the molecule is O=C(CNc1ccccc1[N+](=O)[O-])NCCCn1ccnc1. The molecule has 2 aromatic rings. The summed E-state index contributed by atoms with van der Waals surface area (Å²) in [6, 6.07) is 6.23. The highest BCUT2D eigenvalue weighted by atomic mass is 16.6. The summed E-state index contributed by atoms with van der Waals surface area (Å²) in [7, 11) is 0. The third-order valence-electron chi connectivity index (χ3n) is 3.01. The third-order valence-corrected chi connectivity index (χ3v) is 3.01. The predicted molar refractivity (Wildman–Crippen MR) is 81.4 cm³/mol. The summed E-state index contributed by atoms with van der Waals surface area (Å²) in [5.74, 6) is -0.205. The summed E-state index contributed by atoms with van der Waals surface area (Å²) in [5, 5.41) is 16.4. The molecular formula is C14H17N5O3. The summed E-state index contributed by atoms with van der Waals surface area (Å²) in [4.78, 5) is 26.0. The Balaban J connectivity index is 1.70. The predicted octanol–water partition coefficient (Wildman–Crippen LogP) is 1.41. The van der Waals surface area contributed by atoms with Crippen LogP contribution in [0.25, 0.3) is 0 Å². The van der Waals surface area contributed by atoms with Crippen molar-refractivity contribution in [3.05, 3.63) is 53.1 Å². The zero-order valence-electron chi connectivity index (χ0n) is 11.9. The van der Waals surface area contributed by atoms with Crippen LogP contribution in [0.15, 0.2) is 43.0 Å². The van der Waals surface area contributed by atoms with Gasteiger partial charge in [0.1, 0.15) is 5.69 Å². The van der Waals surface area contributed by atoms with Crippen LogP contribution in [0.3, 0.4) is 0 Å². The smallest absolute Gasteiger partial charge is 0.292 e. The fraction of sp³-hybridized carbons (Fsp3) is 0.286. The molecule has 2 N–H and O–H groups in total. The van der Waals surface area contributed by atoms with Gasteiger partial charge in [-0.05, 0) is 12.5 Å². The average molecular weight is 303 g/mol. The Morgan fingerprint density at radius 3 is 2.91 bits per heavy atom. The van der Waals surface area contributed by atoms with E-state index < -0.39 is 4.92 Å². The molecule has 22 heavy (non-hydrogen) atoms. The van der Waals surface area contributed by atoms with E-state index in [1.807, 2.05) is 10.8 Å². The second-order valence-electron chi connectivity index (χ2n) is 4.63. The van der Waals surface area contributed by atoms with E-state index in [4.69, 9.17) is 0 Å². The quantitative estimate of drug-likeness (QED) is 0.436. The fourth-order valence-corrected chi connectivity index (χ4v) is 1.93. The van der Waals surface area contributed by atoms with Gasteiger partial charge in [-0.2, -0.15) is 0 Å². The van der Waals surface area contributed by atoms with Crippen LogP contribution in [-0.4, -0.2) is 33.5 Å². The highest BCUT2D eigenvalue weighted by molar-refractivity contribution is 5.81. The zero-order chi connectivity index (χ0) is 15.8. The van der Waals surface area contributed by atoms with E-state index >= 15 is 0 Å². The normalized spacial score (nSPS) is 10.2. The Kier molecular flexibility index (Phi) is 5.47. The topological polar surface area (TPSA) is 102 Å². The highest BCUT2D eigenvalue weighted by Gasteiger charge is 2.12. The molecule has 1 heterocycles. The van der Waals surface area contributed by atoms with Crippen LogP contribution in [0.1, 0.15) is 6.42 Å². The van der Waals surface area contributed by atoms with Crippen molar-refractivity contribution in [3.8, 4) is 0 Å². The molecule has 0 bridgehead atoms. The number of aryl methyl sites for hydroxylation is 1. The maximum absolute atomic E-state index is 11.7. The Morgan fingerprint density at radius 2 is 2.18 bits per heavy atom. The second-order valence-corrected chi connectivity index (χ2v) is 4.63. The van der Waals surface area contributed by atoms with Crippen molar-refractivity contribution in [2.75, 3.05) is 18.4 Å². The van der Waals surface area contributed by atoms with Gasteiger partial charge in [-0.1, -0.05) is 12.1 Å². The van der Waals surface area contributed by atoms with E-state index in [0.717, 1.165) is 13.0 Å². The summed E-state index contributed by atoms with van der Waals surface area (Å²) in [6.45, 7) is 1.31.